The quantitative estimate of drug-likeness (QED) is 0.846. The van der Waals surface area contributed by atoms with Crippen LogP contribution in [0.3, 0.4) is 0 Å². The normalized spacial score (nSPS) is 11.8. The summed E-state index contributed by atoms with van der Waals surface area (Å²) < 4.78 is 5.79. The number of carbonyl (C=O) groups excluding carboxylic acids is 1. The lowest BCUT2D eigenvalue weighted by Crippen LogP contribution is -2.37. The predicted octanol–water partition coefficient (Wildman–Crippen LogP) is 1.22. The number of benzene rings is 1. The van der Waals surface area contributed by atoms with Gasteiger partial charge in [0.2, 0.25) is 5.91 Å². The smallest absolute Gasteiger partial charge is 0.321 e. The van der Waals surface area contributed by atoms with Gasteiger partial charge in [-0.25, -0.2) is 0 Å². The fourth-order valence-electron chi connectivity index (χ4n) is 1.42. The molecule has 0 aromatic heterocycles. The van der Waals surface area contributed by atoms with Gasteiger partial charge in [-0.3, -0.25) is 9.59 Å². The molecule has 3 N–H and O–H groups in total. The highest BCUT2D eigenvalue weighted by Crippen LogP contribution is 2.29. The maximum absolute atomic E-state index is 11.9. The van der Waals surface area contributed by atoms with Gasteiger partial charge in [-0.2, -0.15) is 0 Å². The number of ether oxygens (including phenoxy) is 1. The Kier molecular flexibility index (Phi) is 5.31. The van der Waals surface area contributed by atoms with E-state index in [0.717, 1.165) is 0 Å². The maximum Gasteiger partial charge on any atom is 0.321 e. The van der Waals surface area contributed by atoms with E-state index in [1.807, 2.05) is 0 Å². The van der Waals surface area contributed by atoms with Crippen LogP contribution in [-0.4, -0.2) is 37.2 Å². The summed E-state index contributed by atoms with van der Waals surface area (Å²) in [6.07, 6.45) is -0.254. The lowest BCUT2D eigenvalue weighted by molar-refractivity contribution is -0.140. The molecule has 0 radical (unpaired) electrons. The number of amides is 1. The van der Waals surface area contributed by atoms with Crippen molar-refractivity contribution >= 4 is 33.5 Å². The van der Waals surface area contributed by atoms with Crippen molar-refractivity contribution in [3.8, 4) is 5.75 Å². The number of hydrogen-bond donors (Lipinski definition) is 2. The largest absolute Gasteiger partial charge is 0.496 e. The van der Waals surface area contributed by atoms with Crippen molar-refractivity contribution in [1.29, 1.82) is 0 Å². The maximum atomic E-state index is 11.9. The zero-order chi connectivity index (χ0) is 14.6. The summed E-state index contributed by atoms with van der Waals surface area (Å²) in [7, 11) is 3.10. The van der Waals surface area contributed by atoms with E-state index in [1.165, 1.54) is 4.90 Å². The Bertz CT molecular complexity index is 493. The molecule has 1 amide bonds. The predicted molar refractivity (Wildman–Crippen MR) is 74.3 cm³/mol. The fraction of sp³-hybridized carbons (Fsp3) is 0.333. The third kappa shape index (κ3) is 3.93. The summed E-state index contributed by atoms with van der Waals surface area (Å²) in [5.41, 5.74) is 5.95. The number of aliphatic carboxylic acids is 1. The second-order valence-corrected chi connectivity index (χ2v) is 4.77. The molecule has 6 nitrogen and oxygen atoms in total. The lowest BCUT2D eigenvalue weighted by Gasteiger charge is -2.19. The first-order chi connectivity index (χ1) is 8.86. The van der Waals surface area contributed by atoms with E-state index in [4.69, 9.17) is 15.6 Å². The van der Waals surface area contributed by atoms with Crippen LogP contribution in [0.25, 0.3) is 0 Å². The molecule has 0 heterocycles. The van der Waals surface area contributed by atoms with Crippen LogP contribution < -0.4 is 15.4 Å². The topological polar surface area (TPSA) is 92.9 Å². The van der Waals surface area contributed by atoms with Gasteiger partial charge in [0.25, 0.3) is 0 Å². The summed E-state index contributed by atoms with van der Waals surface area (Å²) in [6, 6.07) is 3.92. The Morgan fingerprint density at radius 1 is 1.53 bits per heavy atom. The molecule has 7 heteroatoms. The van der Waals surface area contributed by atoms with E-state index in [9.17, 15) is 9.59 Å². The summed E-state index contributed by atoms with van der Waals surface area (Å²) >= 11 is 3.32. The number of methoxy groups -OCH3 is 1. The molecule has 104 valence electrons. The molecule has 0 bridgehead atoms. The number of carboxylic acids is 1. The van der Waals surface area contributed by atoms with E-state index < -0.39 is 12.0 Å². The number of hydrogen-bond acceptors (Lipinski definition) is 4. The minimum absolute atomic E-state index is 0.254. The van der Waals surface area contributed by atoms with Gasteiger partial charge < -0.3 is 20.5 Å². The Balaban J connectivity index is 2.82. The zero-order valence-corrected chi connectivity index (χ0v) is 12.2. The molecule has 1 aromatic carbocycles. The molecule has 0 aliphatic rings. The van der Waals surface area contributed by atoms with Crippen LogP contribution in [-0.2, 0) is 9.59 Å². The highest BCUT2D eigenvalue weighted by Gasteiger charge is 2.20. The van der Waals surface area contributed by atoms with Gasteiger partial charge in [0, 0.05) is 12.7 Å². The van der Waals surface area contributed by atoms with Gasteiger partial charge in [0.1, 0.15) is 11.8 Å². The van der Waals surface area contributed by atoms with E-state index in [-0.39, 0.29) is 12.3 Å². The number of anilines is 1. The SMILES string of the molecule is COc1ccc(N(C)C(=O)CC(N)C(=O)O)cc1Br. The van der Waals surface area contributed by atoms with Crippen molar-refractivity contribution < 1.29 is 19.4 Å². The molecule has 19 heavy (non-hydrogen) atoms. The van der Waals surface area contributed by atoms with Crippen LogP contribution in [0.1, 0.15) is 6.42 Å². The standard InChI is InChI=1S/C12H15BrN2O4/c1-15(11(16)6-9(14)12(17)18)7-3-4-10(19-2)8(13)5-7/h3-5,9H,6,14H2,1-2H3,(H,17,18). The third-order valence-electron chi connectivity index (χ3n) is 2.61. The number of nitrogens with zero attached hydrogens (tertiary/aromatic N) is 1. The summed E-state index contributed by atoms with van der Waals surface area (Å²) in [4.78, 5) is 23.8. The molecule has 1 unspecified atom stereocenters. The summed E-state index contributed by atoms with van der Waals surface area (Å²) in [5.74, 6) is -0.920. The molecule has 0 saturated carbocycles. The van der Waals surface area contributed by atoms with E-state index in [0.29, 0.717) is 15.9 Å². The van der Waals surface area contributed by atoms with Crippen LogP contribution in [0.15, 0.2) is 22.7 Å². The summed E-state index contributed by atoms with van der Waals surface area (Å²) in [5, 5.41) is 8.68. The first-order valence-corrected chi connectivity index (χ1v) is 6.24. The number of carbonyl (C=O) groups is 2. The Hall–Kier alpha value is -1.60. The fourth-order valence-corrected chi connectivity index (χ4v) is 1.95. The average molecular weight is 331 g/mol. The molecular formula is C12H15BrN2O4. The number of carboxylic acid groups (broad SMARTS) is 1. The van der Waals surface area contributed by atoms with E-state index in [2.05, 4.69) is 15.9 Å². The van der Waals surface area contributed by atoms with Crippen molar-refractivity contribution in [3.63, 3.8) is 0 Å². The van der Waals surface area contributed by atoms with Crippen LogP contribution in [0.4, 0.5) is 5.69 Å². The molecule has 0 fully saturated rings. The summed E-state index contributed by atoms with van der Waals surface area (Å²) in [6.45, 7) is 0. The van der Waals surface area contributed by atoms with Gasteiger partial charge >= 0.3 is 5.97 Å². The van der Waals surface area contributed by atoms with Gasteiger partial charge in [0.15, 0.2) is 0 Å². The molecule has 1 rings (SSSR count). The van der Waals surface area contributed by atoms with Crippen LogP contribution in [0.5, 0.6) is 5.75 Å². The second kappa shape index (κ2) is 6.53. The van der Waals surface area contributed by atoms with Crippen molar-refractivity contribution in [3.05, 3.63) is 22.7 Å². The van der Waals surface area contributed by atoms with Gasteiger partial charge in [-0.1, -0.05) is 0 Å². The molecule has 1 atom stereocenters. The highest BCUT2D eigenvalue weighted by atomic mass is 79.9. The van der Waals surface area contributed by atoms with Crippen molar-refractivity contribution in [2.45, 2.75) is 12.5 Å². The van der Waals surface area contributed by atoms with Gasteiger partial charge in [-0.05, 0) is 34.1 Å². The second-order valence-electron chi connectivity index (χ2n) is 3.92. The molecular weight excluding hydrogens is 316 g/mol. The average Bonchev–Trinajstić information content (AvgIpc) is 2.37. The number of nitrogens with two attached hydrogens (primary N) is 1. The Morgan fingerprint density at radius 3 is 2.63 bits per heavy atom. The molecule has 1 aromatic rings. The minimum atomic E-state index is -1.20. The van der Waals surface area contributed by atoms with Gasteiger partial charge in [-0.15, -0.1) is 0 Å². The molecule has 0 spiro atoms. The number of halogens is 1. The Morgan fingerprint density at radius 2 is 2.16 bits per heavy atom. The zero-order valence-electron chi connectivity index (χ0n) is 10.6. The van der Waals surface area contributed by atoms with Crippen molar-refractivity contribution in [1.82, 2.24) is 0 Å². The minimum Gasteiger partial charge on any atom is -0.496 e. The van der Waals surface area contributed by atoms with Crippen LogP contribution in [0, 0.1) is 0 Å². The van der Waals surface area contributed by atoms with Crippen molar-refractivity contribution in [2.75, 3.05) is 19.1 Å². The first-order valence-electron chi connectivity index (χ1n) is 5.45. The molecule has 0 aliphatic carbocycles. The van der Waals surface area contributed by atoms with Crippen molar-refractivity contribution in [2.24, 2.45) is 5.73 Å². The number of rotatable bonds is 5. The molecule has 0 saturated heterocycles. The lowest BCUT2D eigenvalue weighted by atomic mass is 10.2. The monoisotopic (exact) mass is 330 g/mol. The third-order valence-corrected chi connectivity index (χ3v) is 3.23. The highest BCUT2D eigenvalue weighted by molar-refractivity contribution is 9.10. The van der Waals surface area contributed by atoms with Crippen LogP contribution in [0.2, 0.25) is 0 Å². The van der Waals surface area contributed by atoms with E-state index >= 15 is 0 Å². The Labute approximate surface area is 119 Å². The van der Waals surface area contributed by atoms with E-state index in [1.54, 1.807) is 32.4 Å². The first kappa shape index (κ1) is 15.5. The van der Waals surface area contributed by atoms with Crippen LogP contribution >= 0.6 is 15.9 Å². The van der Waals surface area contributed by atoms with Gasteiger partial charge in [0.05, 0.1) is 18.0 Å². The molecule has 0 aliphatic heterocycles.